The van der Waals surface area contributed by atoms with Gasteiger partial charge in [-0.25, -0.2) is 0 Å². The lowest BCUT2D eigenvalue weighted by molar-refractivity contribution is 0.0819. The van der Waals surface area contributed by atoms with Gasteiger partial charge in [-0.3, -0.25) is 4.79 Å². The molecule has 0 bridgehead atoms. The van der Waals surface area contributed by atoms with Gasteiger partial charge in [0, 0.05) is 16.9 Å². The van der Waals surface area contributed by atoms with Crippen molar-refractivity contribution in [2.75, 3.05) is 11.5 Å². The van der Waals surface area contributed by atoms with Gasteiger partial charge in [0.1, 0.15) is 0 Å². The Labute approximate surface area is 113 Å². The molecule has 0 spiro atoms. The number of nitrogens with one attached hydrogen (secondary N) is 1. The van der Waals surface area contributed by atoms with Crippen LogP contribution in [0.15, 0.2) is 18.2 Å². The minimum atomic E-state index is -0.468. The highest BCUT2D eigenvalue weighted by atomic mass is 16.3. The Morgan fingerprint density at radius 1 is 1.11 bits per heavy atom. The number of hydrogen-bond donors (Lipinski definition) is 4. The van der Waals surface area contributed by atoms with Gasteiger partial charge in [-0.1, -0.05) is 19.3 Å². The largest absolute Gasteiger partial charge is 0.399 e. The van der Waals surface area contributed by atoms with E-state index in [9.17, 15) is 9.90 Å². The van der Waals surface area contributed by atoms with E-state index in [4.69, 9.17) is 11.5 Å². The van der Waals surface area contributed by atoms with Crippen molar-refractivity contribution in [2.45, 2.75) is 44.2 Å². The summed E-state index contributed by atoms with van der Waals surface area (Å²) in [4.78, 5) is 12.1. The average molecular weight is 263 g/mol. The van der Waals surface area contributed by atoms with Crippen LogP contribution in [0.1, 0.15) is 42.5 Å². The Balaban J connectivity index is 2.07. The first kappa shape index (κ1) is 13.7. The van der Waals surface area contributed by atoms with Crippen molar-refractivity contribution in [3.8, 4) is 0 Å². The Morgan fingerprint density at radius 3 is 2.42 bits per heavy atom. The third-order valence-electron chi connectivity index (χ3n) is 3.54. The number of carbonyl (C=O) groups is 1. The molecule has 6 N–H and O–H groups in total. The van der Waals surface area contributed by atoms with Crippen LogP contribution in [-0.4, -0.2) is 23.2 Å². The standard InChI is InChI=1S/C14H21N3O2/c15-10-6-9(7-11(16)8-10)14(19)17-12-4-2-1-3-5-13(12)18/h6-8,12-13,18H,1-5,15-16H2,(H,17,19). The van der Waals surface area contributed by atoms with Crippen LogP contribution in [0.5, 0.6) is 0 Å². The van der Waals surface area contributed by atoms with Crippen LogP contribution in [0.25, 0.3) is 0 Å². The first-order valence-corrected chi connectivity index (χ1v) is 6.71. The fourth-order valence-corrected chi connectivity index (χ4v) is 2.52. The third kappa shape index (κ3) is 3.61. The summed E-state index contributed by atoms with van der Waals surface area (Å²) < 4.78 is 0. The van der Waals surface area contributed by atoms with Crippen LogP contribution in [0.4, 0.5) is 11.4 Å². The Kier molecular flexibility index (Phi) is 4.27. The van der Waals surface area contributed by atoms with E-state index in [1.54, 1.807) is 18.2 Å². The fourth-order valence-electron chi connectivity index (χ4n) is 2.52. The summed E-state index contributed by atoms with van der Waals surface area (Å²) in [6, 6.07) is 4.61. The molecule has 0 aromatic heterocycles. The molecule has 1 aromatic rings. The number of amides is 1. The molecule has 2 atom stereocenters. The Morgan fingerprint density at radius 2 is 1.74 bits per heavy atom. The highest BCUT2D eigenvalue weighted by Gasteiger charge is 2.23. The zero-order valence-corrected chi connectivity index (χ0v) is 10.9. The molecule has 2 unspecified atom stereocenters. The molecule has 0 heterocycles. The fraction of sp³-hybridized carbons (Fsp3) is 0.500. The Hall–Kier alpha value is -1.75. The van der Waals surface area contributed by atoms with Crippen LogP contribution >= 0.6 is 0 Å². The van der Waals surface area contributed by atoms with Gasteiger partial charge in [0.25, 0.3) is 5.91 Å². The maximum absolute atomic E-state index is 12.1. The normalized spacial score (nSPS) is 23.6. The van der Waals surface area contributed by atoms with Crippen LogP contribution in [0, 0.1) is 0 Å². The predicted molar refractivity (Wildman–Crippen MR) is 75.6 cm³/mol. The minimum Gasteiger partial charge on any atom is -0.399 e. The second-order valence-corrected chi connectivity index (χ2v) is 5.17. The quantitative estimate of drug-likeness (QED) is 0.477. The van der Waals surface area contributed by atoms with E-state index in [0.717, 1.165) is 32.1 Å². The number of aliphatic hydroxyl groups is 1. The summed E-state index contributed by atoms with van der Waals surface area (Å²) in [6.07, 6.45) is 4.23. The highest BCUT2D eigenvalue weighted by Crippen LogP contribution is 2.19. The average Bonchev–Trinajstić information content (AvgIpc) is 2.54. The maximum Gasteiger partial charge on any atom is 0.251 e. The lowest BCUT2D eigenvalue weighted by atomic mass is 10.1. The summed E-state index contributed by atoms with van der Waals surface area (Å²) in [5.74, 6) is -0.232. The molecular formula is C14H21N3O2. The van der Waals surface area contributed by atoms with Crippen molar-refractivity contribution in [1.82, 2.24) is 5.32 Å². The topological polar surface area (TPSA) is 101 Å². The molecule has 1 amide bonds. The Bertz CT molecular complexity index is 442. The lowest BCUT2D eigenvalue weighted by Crippen LogP contribution is -2.42. The molecular weight excluding hydrogens is 242 g/mol. The van der Waals surface area contributed by atoms with Gasteiger partial charge in [-0.05, 0) is 31.0 Å². The minimum absolute atomic E-state index is 0.183. The lowest BCUT2D eigenvalue weighted by Gasteiger charge is -2.21. The number of rotatable bonds is 2. The number of nitrogen functional groups attached to an aromatic ring is 2. The molecule has 104 valence electrons. The molecule has 19 heavy (non-hydrogen) atoms. The van der Waals surface area contributed by atoms with Gasteiger partial charge < -0.3 is 21.9 Å². The van der Waals surface area contributed by atoms with Gasteiger partial charge >= 0.3 is 0 Å². The summed E-state index contributed by atoms with van der Waals surface area (Å²) in [5.41, 5.74) is 12.7. The molecule has 5 heteroatoms. The van der Waals surface area contributed by atoms with E-state index in [1.807, 2.05) is 0 Å². The van der Waals surface area contributed by atoms with Crippen molar-refractivity contribution in [3.63, 3.8) is 0 Å². The summed E-state index contributed by atoms with van der Waals surface area (Å²) in [5, 5.41) is 12.9. The molecule has 2 rings (SSSR count). The summed E-state index contributed by atoms with van der Waals surface area (Å²) >= 11 is 0. The van der Waals surface area contributed by atoms with Gasteiger partial charge in [0.2, 0.25) is 0 Å². The zero-order chi connectivity index (χ0) is 13.8. The zero-order valence-electron chi connectivity index (χ0n) is 10.9. The number of nitrogens with two attached hydrogens (primary N) is 2. The molecule has 1 saturated carbocycles. The molecule has 0 saturated heterocycles. The van der Waals surface area contributed by atoms with E-state index in [1.165, 1.54) is 0 Å². The molecule has 0 radical (unpaired) electrons. The number of benzene rings is 1. The van der Waals surface area contributed by atoms with Gasteiger partial charge in [-0.2, -0.15) is 0 Å². The van der Waals surface area contributed by atoms with E-state index in [-0.39, 0.29) is 11.9 Å². The number of hydrogen-bond acceptors (Lipinski definition) is 4. The molecule has 1 aliphatic rings. The monoisotopic (exact) mass is 263 g/mol. The molecule has 5 nitrogen and oxygen atoms in total. The SMILES string of the molecule is Nc1cc(N)cc(C(=O)NC2CCCCCC2O)c1. The summed E-state index contributed by atoms with van der Waals surface area (Å²) in [6.45, 7) is 0. The predicted octanol–water partition coefficient (Wildman–Crippen LogP) is 1.27. The van der Waals surface area contributed by atoms with Gasteiger partial charge in [-0.15, -0.1) is 0 Å². The highest BCUT2D eigenvalue weighted by molar-refractivity contribution is 5.96. The molecule has 0 aliphatic heterocycles. The maximum atomic E-state index is 12.1. The summed E-state index contributed by atoms with van der Waals surface area (Å²) in [7, 11) is 0. The van der Waals surface area contributed by atoms with Crippen LogP contribution in [0.2, 0.25) is 0 Å². The van der Waals surface area contributed by atoms with Crippen molar-refractivity contribution in [2.24, 2.45) is 0 Å². The van der Waals surface area contributed by atoms with Gasteiger partial charge in [0.05, 0.1) is 12.1 Å². The van der Waals surface area contributed by atoms with Crippen molar-refractivity contribution < 1.29 is 9.90 Å². The number of aliphatic hydroxyl groups excluding tert-OH is 1. The van der Waals surface area contributed by atoms with E-state index >= 15 is 0 Å². The first-order chi connectivity index (χ1) is 9.06. The van der Waals surface area contributed by atoms with Crippen LogP contribution < -0.4 is 16.8 Å². The van der Waals surface area contributed by atoms with Crippen LogP contribution in [0.3, 0.4) is 0 Å². The van der Waals surface area contributed by atoms with Crippen LogP contribution in [-0.2, 0) is 0 Å². The second kappa shape index (κ2) is 5.93. The van der Waals surface area contributed by atoms with E-state index < -0.39 is 6.10 Å². The van der Waals surface area contributed by atoms with Gasteiger partial charge in [0.15, 0.2) is 0 Å². The van der Waals surface area contributed by atoms with Crippen molar-refractivity contribution >= 4 is 17.3 Å². The second-order valence-electron chi connectivity index (χ2n) is 5.17. The number of anilines is 2. The molecule has 1 fully saturated rings. The molecule has 1 aromatic carbocycles. The molecule has 1 aliphatic carbocycles. The number of carbonyl (C=O) groups excluding carboxylic acids is 1. The van der Waals surface area contributed by atoms with E-state index in [0.29, 0.717) is 16.9 Å². The van der Waals surface area contributed by atoms with Crippen molar-refractivity contribution in [1.29, 1.82) is 0 Å². The van der Waals surface area contributed by atoms with Crippen molar-refractivity contribution in [3.05, 3.63) is 23.8 Å². The first-order valence-electron chi connectivity index (χ1n) is 6.71. The third-order valence-corrected chi connectivity index (χ3v) is 3.54. The van der Waals surface area contributed by atoms with E-state index in [2.05, 4.69) is 5.32 Å². The smallest absolute Gasteiger partial charge is 0.251 e.